The van der Waals surface area contributed by atoms with Gasteiger partial charge in [0, 0.05) is 13.0 Å². The van der Waals surface area contributed by atoms with Crippen LogP contribution in [0.25, 0.3) is 0 Å². The number of carbonyl (C=O) groups is 1. The van der Waals surface area contributed by atoms with Crippen LogP contribution in [-0.2, 0) is 23.7 Å². The van der Waals surface area contributed by atoms with E-state index in [4.69, 9.17) is 18.9 Å². The fourth-order valence-electron chi connectivity index (χ4n) is 7.07. The number of allylic oxidation sites excluding steroid dienone is 10. The van der Waals surface area contributed by atoms with E-state index in [1.807, 2.05) is 0 Å². The molecular weight excluding hydrogens is 757 g/mol. The fraction of sp³-hybridized carbons (Fsp3) is 0.784. The van der Waals surface area contributed by atoms with Gasteiger partial charge in [0.2, 0.25) is 0 Å². The van der Waals surface area contributed by atoms with Crippen molar-refractivity contribution in [3.05, 3.63) is 60.8 Å². The quantitative estimate of drug-likeness (QED) is 0.0269. The van der Waals surface area contributed by atoms with Crippen LogP contribution in [0.15, 0.2) is 60.8 Å². The van der Waals surface area contributed by atoms with Crippen LogP contribution in [0.4, 0.5) is 0 Å². The number of carbonyl (C=O) groups excluding carboxylic acids is 1. The lowest BCUT2D eigenvalue weighted by Gasteiger charge is -2.39. The average molecular weight is 847 g/mol. The molecule has 1 saturated heterocycles. The Morgan fingerprint density at radius 2 is 1.00 bits per heavy atom. The standard InChI is InChI=1S/C51H90O9/c1-3-5-7-9-11-13-15-17-19-20-21-22-23-24-25-26-27-28-30-32-34-36-38-40-47(53)59-45(44-58-51-50(56)49(55)48(54)46(42-52)60-51)43-57-41-39-37-35-33-31-29-18-16-14-12-10-8-6-4-2/h8,10,14-17,20-21,23-24,45-46,48-52,54-56H,3-7,9,11-13,18-19,22,25-44H2,1-2H3/b10-8-,16-14-,17-15-,21-20-,24-23-. The molecule has 0 saturated carbocycles. The highest BCUT2D eigenvalue weighted by molar-refractivity contribution is 5.69. The van der Waals surface area contributed by atoms with Gasteiger partial charge in [0.25, 0.3) is 0 Å². The van der Waals surface area contributed by atoms with E-state index in [1.54, 1.807) is 0 Å². The Kier molecular flexibility index (Phi) is 39.3. The number of aliphatic hydroxyl groups is 4. The number of aliphatic hydroxyl groups excluding tert-OH is 4. The van der Waals surface area contributed by atoms with Gasteiger partial charge in [-0.05, 0) is 77.0 Å². The van der Waals surface area contributed by atoms with Gasteiger partial charge in [0.05, 0.1) is 19.8 Å². The molecule has 0 amide bonds. The predicted octanol–water partition coefficient (Wildman–Crippen LogP) is 11.5. The van der Waals surface area contributed by atoms with Crippen molar-refractivity contribution in [3.63, 3.8) is 0 Å². The molecule has 348 valence electrons. The maximum atomic E-state index is 12.8. The molecule has 0 aliphatic carbocycles. The summed E-state index contributed by atoms with van der Waals surface area (Å²) in [5.41, 5.74) is 0. The SMILES string of the molecule is CCC/C=C\C/C=C\CCCCCCCCOCC(COC1OC(CO)C(O)C(O)C1O)OC(=O)CCCCCCCCCC/C=C\C/C=C\C/C=C\CCCCCCC. The normalized spacial score (nSPS) is 20.5. The summed E-state index contributed by atoms with van der Waals surface area (Å²) >= 11 is 0. The average Bonchev–Trinajstić information content (AvgIpc) is 3.25. The second-order valence-electron chi connectivity index (χ2n) is 16.6. The number of rotatable bonds is 41. The molecule has 0 aromatic heterocycles. The van der Waals surface area contributed by atoms with E-state index in [-0.39, 0.29) is 19.2 Å². The summed E-state index contributed by atoms with van der Waals surface area (Å²) in [6, 6.07) is 0. The Balaban J connectivity index is 2.23. The zero-order valence-electron chi connectivity index (χ0n) is 38.2. The van der Waals surface area contributed by atoms with Gasteiger partial charge in [-0.3, -0.25) is 4.79 Å². The topological polar surface area (TPSA) is 135 Å². The van der Waals surface area contributed by atoms with E-state index in [9.17, 15) is 25.2 Å². The Morgan fingerprint density at radius 1 is 0.533 bits per heavy atom. The van der Waals surface area contributed by atoms with Crippen LogP contribution in [0.1, 0.15) is 194 Å². The second-order valence-corrected chi connectivity index (χ2v) is 16.6. The Labute approximate surface area is 366 Å². The van der Waals surface area contributed by atoms with Crippen LogP contribution in [0.3, 0.4) is 0 Å². The van der Waals surface area contributed by atoms with Gasteiger partial charge in [-0.25, -0.2) is 0 Å². The van der Waals surface area contributed by atoms with Gasteiger partial charge in [-0.15, -0.1) is 0 Å². The van der Waals surface area contributed by atoms with E-state index in [1.165, 1.54) is 96.3 Å². The van der Waals surface area contributed by atoms with E-state index in [2.05, 4.69) is 74.6 Å². The van der Waals surface area contributed by atoms with Crippen molar-refractivity contribution in [1.29, 1.82) is 0 Å². The predicted molar refractivity (Wildman–Crippen MR) is 247 cm³/mol. The van der Waals surface area contributed by atoms with Gasteiger partial charge in [0.15, 0.2) is 6.29 Å². The smallest absolute Gasteiger partial charge is 0.306 e. The molecule has 1 aliphatic rings. The van der Waals surface area contributed by atoms with Crippen molar-refractivity contribution < 1.29 is 44.2 Å². The van der Waals surface area contributed by atoms with Gasteiger partial charge < -0.3 is 39.4 Å². The van der Waals surface area contributed by atoms with Gasteiger partial charge in [-0.2, -0.15) is 0 Å². The zero-order chi connectivity index (χ0) is 43.6. The number of ether oxygens (including phenoxy) is 4. The van der Waals surface area contributed by atoms with Crippen LogP contribution in [0.5, 0.6) is 0 Å². The highest BCUT2D eigenvalue weighted by atomic mass is 16.7. The molecule has 9 nitrogen and oxygen atoms in total. The molecule has 0 aromatic carbocycles. The molecule has 1 heterocycles. The van der Waals surface area contributed by atoms with E-state index < -0.39 is 43.4 Å². The third-order valence-corrected chi connectivity index (χ3v) is 10.9. The molecule has 6 atom stereocenters. The Bertz CT molecular complexity index is 1100. The van der Waals surface area contributed by atoms with Crippen LogP contribution >= 0.6 is 0 Å². The van der Waals surface area contributed by atoms with Crippen LogP contribution < -0.4 is 0 Å². The molecule has 0 radical (unpaired) electrons. The summed E-state index contributed by atoms with van der Waals surface area (Å²) < 4.78 is 22.8. The van der Waals surface area contributed by atoms with Crippen molar-refractivity contribution in [2.24, 2.45) is 0 Å². The maximum Gasteiger partial charge on any atom is 0.306 e. The lowest BCUT2D eigenvalue weighted by atomic mass is 9.99. The van der Waals surface area contributed by atoms with E-state index >= 15 is 0 Å². The minimum atomic E-state index is -1.54. The number of esters is 1. The molecule has 6 unspecified atom stereocenters. The molecule has 1 rings (SSSR count). The van der Waals surface area contributed by atoms with Crippen molar-refractivity contribution in [1.82, 2.24) is 0 Å². The van der Waals surface area contributed by atoms with Crippen molar-refractivity contribution in [2.75, 3.05) is 26.4 Å². The Hall–Kier alpha value is -2.11. The summed E-state index contributed by atoms with van der Waals surface area (Å²) in [5.74, 6) is -0.326. The molecule has 4 N–H and O–H groups in total. The molecule has 1 fully saturated rings. The van der Waals surface area contributed by atoms with Gasteiger partial charge >= 0.3 is 5.97 Å². The second kappa shape index (κ2) is 42.2. The van der Waals surface area contributed by atoms with Crippen molar-refractivity contribution >= 4 is 5.97 Å². The number of unbranched alkanes of at least 4 members (excludes halogenated alkanes) is 20. The molecule has 1 aliphatic heterocycles. The van der Waals surface area contributed by atoms with Gasteiger partial charge in [-0.1, -0.05) is 171 Å². The largest absolute Gasteiger partial charge is 0.457 e. The molecule has 9 heteroatoms. The lowest BCUT2D eigenvalue weighted by Crippen LogP contribution is -2.59. The maximum absolute atomic E-state index is 12.8. The van der Waals surface area contributed by atoms with Crippen molar-refractivity contribution in [2.45, 2.75) is 230 Å². The van der Waals surface area contributed by atoms with Crippen molar-refractivity contribution in [3.8, 4) is 0 Å². The summed E-state index contributed by atoms with van der Waals surface area (Å²) in [6.07, 6.45) is 46.7. The molecule has 0 aromatic rings. The summed E-state index contributed by atoms with van der Waals surface area (Å²) in [5, 5.41) is 40.2. The summed E-state index contributed by atoms with van der Waals surface area (Å²) in [7, 11) is 0. The highest BCUT2D eigenvalue weighted by Crippen LogP contribution is 2.22. The summed E-state index contributed by atoms with van der Waals surface area (Å²) in [6.45, 7) is 4.45. The molecule has 0 bridgehead atoms. The first-order valence-electron chi connectivity index (χ1n) is 24.4. The highest BCUT2D eigenvalue weighted by Gasteiger charge is 2.44. The summed E-state index contributed by atoms with van der Waals surface area (Å²) in [4.78, 5) is 12.8. The van der Waals surface area contributed by atoms with Crippen LogP contribution in [0, 0.1) is 0 Å². The Morgan fingerprint density at radius 3 is 1.52 bits per heavy atom. The van der Waals surface area contributed by atoms with Crippen LogP contribution in [0.2, 0.25) is 0 Å². The first-order valence-corrected chi connectivity index (χ1v) is 24.4. The number of hydrogen-bond donors (Lipinski definition) is 4. The fourth-order valence-corrected chi connectivity index (χ4v) is 7.07. The monoisotopic (exact) mass is 847 g/mol. The first-order chi connectivity index (χ1) is 29.4. The molecular formula is C51H90O9. The third-order valence-electron chi connectivity index (χ3n) is 10.9. The minimum absolute atomic E-state index is 0.123. The third kappa shape index (κ3) is 32.6. The van der Waals surface area contributed by atoms with E-state index in [0.29, 0.717) is 13.0 Å². The molecule has 0 spiro atoms. The van der Waals surface area contributed by atoms with E-state index in [0.717, 1.165) is 77.0 Å². The lowest BCUT2D eigenvalue weighted by molar-refractivity contribution is -0.305. The molecule has 60 heavy (non-hydrogen) atoms. The zero-order valence-corrected chi connectivity index (χ0v) is 38.2. The number of hydrogen-bond acceptors (Lipinski definition) is 9. The first kappa shape index (κ1) is 55.9. The van der Waals surface area contributed by atoms with Gasteiger partial charge in [0.1, 0.15) is 30.5 Å². The van der Waals surface area contributed by atoms with Crippen LogP contribution in [-0.4, -0.2) is 89.6 Å². The minimum Gasteiger partial charge on any atom is -0.457 e.